The van der Waals surface area contributed by atoms with Crippen LogP contribution in [0.3, 0.4) is 0 Å². The van der Waals surface area contributed by atoms with Crippen molar-refractivity contribution in [3.8, 4) is 0 Å². The summed E-state index contributed by atoms with van der Waals surface area (Å²) in [5, 5.41) is 8.95. The average Bonchev–Trinajstić information content (AvgIpc) is 3.37. The Morgan fingerprint density at radius 2 is 1.82 bits per heavy atom. The molecule has 8 nitrogen and oxygen atoms in total. The van der Waals surface area contributed by atoms with Gasteiger partial charge >= 0.3 is 5.97 Å². The van der Waals surface area contributed by atoms with Gasteiger partial charge in [-0.3, -0.25) is 25.9 Å². The van der Waals surface area contributed by atoms with E-state index in [9.17, 15) is 9.59 Å². The van der Waals surface area contributed by atoms with E-state index in [0.29, 0.717) is 12.5 Å². The third kappa shape index (κ3) is 4.20. The summed E-state index contributed by atoms with van der Waals surface area (Å²) in [5.74, 6) is -0.177. The Labute approximate surface area is 165 Å². The van der Waals surface area contributed by atoms with Gasteiger partial charge in [-0.05, 0) is 30.7 Å². The van der Waals surface area contributed by atoms with Crippen molar-refractivity contribution in [2.45, 2.75) is 43.8 Å². The van der Waals surface area contributed by atoms with Gasteiger partial charge in [0.15, 0.2) is 0 Å². The number of hydrazine groups is 2. The van der Waals surface area contributed by atoms with Gasteiger partial charge in [-0.15, -0.1) is 0 Å². The fraction of sp³-hybridized carbons (Fsp3) is 0.600. The molecule has 1 aromatic rings. The largest absolute Gasteiger partial charge is 0.481 e. The molecule has 152 valence electrons. The number of hydrogen-bond acceptors (Lipinski definition) is 6. The van der Waals surface area contributed by atoms with Crippen LogP contribution < -0.4 is 21.7 Å². The Morgan fingerprint density at radius 1 is 1.07 bits per heavy atom. The second kappa shape index (κ2) is 8.57. The van der Waals surface area contributed by atoms with Crippen LogP contribution in [-0.4, -0.2) is 53.6 Å². The first kappa shape index (κ1) is 19.3. The van der Waals surface area contributed by atoms with Gasteiger partial charge in [0.25, 0.3) is 0 Å². The molecule has 3 aliphatic rings. The first-order chi connectivity index (χ1) is 13.6. The number of carbonyl (C=O) groups is 2. The lowest BCUT2D eigenvalue weighted by Gasteiger charge is -2.36. The van der Waals surface area contributed by atoms with E-state index in [1.165, 1.54) is 0 Å². The number of carboxylic acids is 1. The highest BCUT2D eigenvalue weighted by Crippen LogP contribution is 2.30. The van der Waals surface area contributed by atoms with Crippen molar-refractivity contribution in [2.75, 3.05) is 19.6 Å². The van der Waals surface area contributed by atoms with Crippen molar-refractivity contribution in [1.29, 1.82) is 0 Å². The molecular weight excluding hydrogens is 358 g/mol. The highest BCUT2D eigenvalue weighted by Gasteiger charge is 2.39. The van der Waals surface area contributed by atoms with E-state index in [1.807, 2.05) is 23.1 Å². The van der Waals surface area contributed by atoms with Crippen molar-refractivity contribution < 1.29 is 14.7 Å². The Balaban J connectivity index is 1.30. The minimum Gasteiger partial charge on any atom is -0.481 e. The van der Waals surface area contributed by atoms with Crippen LogP contribution in [0.25, 0.3) is 0 Å². The third-order valence-electron chi connectivity index (χ3n) is 6.31. The molecule has 0 saturated carbocycles. The topological polar surface area (TPSA) is 106 Å². The van der Waals surface area contributed by atoms with Crippen LogP contribution in [0.2, 0.25) is 0 Å². The minimum atomic E-state index is -0.771. The smallest absolute Gasteiger partial charge is 0.304 e. The van der Waals surface area contributed by atoms with Crippen molar-refractivity contribution >= 4 is 11.9 Å². The Bertz CT molecular complexity index is 692. The summed E-state index contributed by atoms with van der Waals surface area (Å²) in [6, 6.07) is 10.4. The number of nitrogens with one attached hydrogen (secondary N) is 4. The third-order valence-corrected chi connectivity index (χ3v) is 6.31. The van der Waals surface area contributed by atoms with E-state index in [-0.39, 0.29) is 36.4 Å². The molecule has 5 N–H and O–H groups in total. The molecule has 3 aliphatic heterocycles. The lowest BCUT2D eigenvalue weighted by molar-refractivity contribution is -0.138. The molecule has 8 heteroatoms. The van der Waals surface area contributed by atoms with Gasteiger partial charge < -0.3 is 10.0 Å². The summed E-state index contributed by atoms with van der Waals surface area (Å²) in [4.78, 5) is 26.0. The molecule has 0 spiro atoms. The van der Waals surface area contributed by atoms with Gasteiger partial charge in [-0.2, -0.15) is 0 Å². The van der Waals surface area contributed by atoms with Gasteiger partial charge in [0.1, 0.15) is 0 Å². The number of piperidine rings is 1. The zero-order valence-electron chi connectivity index (χ0n) is 15.9. The van der Waals surface area contributed by atoms with E-state index in [4.69, 9.17) is 5.11 Å². The standard InChI is InChI=1S/C20H29N5O3/c26-18(27)11-15-10-17(23-22-15)13-6-8-25(9-7-13)20(28)16-12-21-24-19(16)14-4-2-1-3-5-14/h1-5,13,15-17,19,21-24H,6-12H2,(H,26,27). The van der Waals surface area contributed by atoms with Gasteiger partial charge in [0, 0.05) is 31.7 Å². The van der Waals surface area contributed by atoms with Crippen molar-refractivity contribution in [2.24, 2.45) is 11.8 Å². The summed E-state index contributed by atoms with van der Waals surface area (Å²) in [7, 11) is 0. The SMILES string of the molecule is O=C(O)CC1CC(C2CCN(C(=O)C3CNNC3c3ccccc3)CC2)NN1. The molecule has 3 heterocycles. The monoisotopic (exact) mass is 387 g/mol. The van der Waals surface area contributed by atoms with Gasteiger partial charge in [0.05, 0.1) is 18.4 Å². The van der Waals surface area contributed by atoms with Gasteiger partial charge in [0.2, 0.25) is 5.91 Å². The van der Waals surface area contributed by atoms with E-state index in [0.717, 1.165) is 37.9 Å². The zero-order valence-corrected chi connectivity index (χ0v) is 15.9. The molecule has 1 amide bonds. The summed E-state index contributed by atoms with van der Waals surface area (Å²) in [6.45, 7) is 2.18. The number of nitrogens with zero attached hydrogens (tertiary/aromatic N) is 1. The van der Waals surface area contributed by atoms with Crippen LogP contribution in [0.15, 0.2) is 30.3 Å². The normalized spacial score (nSPS) is 31.2. The first-order valence-electron chi connectivity index (χ1n) is 10.2. The van der Waals surface area contributed by atoms with Crippen molar-refractivity contribution in [3.63, 3.8) is 0 Å². The second-order valence-electron chi connectivity index (χ2n) is 8.11. The molecule has 3 saturated heterocycles. The molecule has 0 aliphatic carbocycles. The molecule has 1 aromatic carbocycles. The molecule has 4 atom stereocenters. The van der Waals surface area contributed by atoms with Crippen LogP contribution in [-0.2, 0) is 9.59 Å². The predicted octanol–water partition coefficient (Wildman–Crippen LogP) is 0.400. The number of aliphatic carboxylic acids is 1. The number of rotatable bonds is 5. The lowest BCUT2D eigenvalue weighted by atomic mass is 9.86. The molecule has 4 unspecified atom stereocenters. The van der Waals surface area contributed by atoms with Crippen LogP contribution in [0.4, 0.5) is 0 Å². The zero-order chi connectivity index (χ0) is 19.5. The molecule has 4 rings (SSSR count). The lowest BCUT2D eigenvalue weighted by Crippen LogP contribution is -2.47. The molecule has 0 aromatic heterocycles. The number of amides is 1. The van der Waals surface area contributed by atoms with Crippen molar-refractivity contribution in [3.05, 3.63) is 35.9 Å². The Morgan fingerprint density at radius 3 is 2.54 bits per heavy atom. The summed E-state index contributed by atoms with van der Waals surface area (Å²) in [6.07, 6.45) is 2.88. The number of hydrogen-bond donors (Lipinski definition) is 5. The van der Waals surface area contributed by atoms with Crippen LogP contribution in [0, 0.1) is 11.8 Å². The average molecular weight is 387 g/mol. The quantitative estimate of drug-likeness (QED) is 0.498. The number of benzene rings is 1. The molecule has 0 bridgehead atoms. The highest BCUT2D eigenvalue weighted by atomic mass is 16.4. The minimum absolute atomic E-state index is 0.00361. The van der Waals surface area contributed by atoms with Crippen LogP contribution in [0.5, 0.6) is 0 Å². The first-order valence-corrected chi connectivity index (χ1v) is 10.2. The maximum absolute atomic E-state index is 13.1. The molecule has 3 fully saturated rings. The maximum atomic E-state index is 13.1. The Kier molecular flexibility index (Phi) is 5.91. The van der Waals surface area contributed by atoms with Crippen molar-refractivity contribution in [1.82, 2.24) is 26.6 Å². The Hall–Kier alpha value is -2.00. The van der Waals surface area contributed by atoms with Gasteiger partial charge in [-0.25, -0.2) is 5.43 Å². The summed E-state index contributed by atoms with van der Waals surface area (Å²) >= 11 is 0. The van der Waals surface area contributed by atoms with E-state index < -0.39 is 5.97 Å². The predicted molar refractivity (Wildman–Crippen MR) is 104 cm³/mol. The highest BCUT2D eigenvalue weighted by molar-refractivity contribution is 5.80. The fourth-order valence-corrected chi connectivity index (χ4v) is 4.76. The van der Waals surface area contributed by atoms with Crippen LogP contribution in [0.1, 0.15) is 37.3 Å². The second-order valence-corrected chi connectivity index (χ2v) is 8.11. The maximum Gasteiger partial charge on any atom is 0.304 e. The van der Waals surface area contributed by atoms with E-state index in [1.54, 1.807) is 0 Å². The van der Waals surface area contributed by atoms with E-state index >= 15 is 0 Å². The summed E-state index contributed by atoms with van der Waals surface area (Å²) < 4.78 is 0. The molecular formula is C20H29N5O3. The van der Waals surface area contributed by atoms with Gasteiger partial charge in [-0.1, -0.05) is 30.3 Å². The van der Waals surface area contributed by atoms with E-state index in [2.05, 4.69) is 33.8 Å². The molecule has 0 radical (unpaired) electrons. The fourth-order valence-electron chi connectivity index (χ4n) is 4.76. The molecule has 28 heavy (non-hydrogen) atoms. The number of likely N-dealkylation sites (tertiary alicyclic amines) is 1. The summed E-state index contributed by atoms with van der Waals surface area (Å²) in [5.41, 5.74) is 13.9. The van der Waals surface area contributed by atoms with Crippen LogP contribution >= 0.6 is 0 Å². The number of carboxylic acid groups (broad SMARTS) is 1. The number of carbonyl (C=O) groups excluding carboxylic acids is 1.